The smallest absolute Gasteiger partial charge is 0.322 e. The Bertz CT molecular complexity index is 1650. The van der Waals surface area contributed by atoms with E-state index in [-0.39, 0.29) is 33.6 Å². The molecule has 5 N–H and O–H groups in total. The van der Waals surface area contributed by atoms with E-state index < -0.39 is 56.8 Å². The highest BCUT2D eigenvalue weighted by atomic mass is 16.5. The fraction of sp³-hybridized carbons (Fsp3) is 0.138. The van der Waals surface area contributed by atoms with Gasteiger partial charge in [0, 0.05) is 28.8 Å². The molecule has 9 heteroatoms. The van der Waals surface area contributed by atoms with Crippen LogP contribution >= 0.6 is 0 Å². The highest BCUT2D eigenvalue weighted by Gasteiger charge is 2.80. The minimum absolute atomic E-state index is 0.0355. The quantitative estimate of drug-likeness (QED) is 0.325. The van der Waals surface area contributed by atoms with Gasteiger partial charge in [-0.05, 0) is 47.5 Å². The van der Waals surface area contributed by atoms with Crippen molar-refractivity contribution in [3.63, 3.8) is 0 Å². The van der Waals surface area contributed by atoms with Crippen LogP contribution in [-0.2, 0) is 25.2 Å². The number of hydrogen-bond acceptors (Lipinski definition) is 9. The molecular formula is C29H20O9. The van der Waals surface area contributed by atoms with Crippen molar-refractivity contribution in [2.45, 2.75) is 10.8 Å². The summed E-state index contributed by atoms with van der Waals surface area (Å²) in [5, 5.41) is 53.6. The maximum atomic E-state index is 14.8. The van der Waals surface area contributed by atoms with Gasteiger partial charge >= 0.3 is 5.97 Å². The SMILES string of the molecule is COC(=O)[C@@]12c3cc(O)cc(O)c3[C@](c3ccc(O)cc3)(C(=O)c3cc(O)cc(O)c31)C21C=CC(=O)C=C1. The van der Waals surface area contributed by atoms with E-state index in [0.29, 0.717) is 0 Å². The molecule has 0 aromatic heterocycles. The Kier molecular flexibility index (Phi) is 4.46. The second kappa shape index (κ2) is 7.25. The van der Waals surface area contributed by atoms with Gasteiger partial charge in [-0.15, -0.1) is 0 Å². The molecule has 38 heavy (non-hydrogen) atoms. The number of methoxy groups -OCH3 is 1. The third kappa shape index (κ3) is 2.34. The number of benzene rings is 3. The number of esters is 1. The zero-order valence-corrected chi connectivity index (χ0v) is 19.8. The van der Waals surface area contributed by atoms with Crippen molar-refractivity contribution in [3.8, 4) is 28.7 Å². The molecule has 0 saturated carbocycles. The molecule has 0 saturated heterocycles. The van der Waals surface area contributed by atoms with Gasteiger partial charge in [-0.2, -0.15) is 0 Å². The maximum Gasteiger partial charge on any atom is 0.322 e. The van der Waals surface area contributed by atoms with E-state index >= 15 is 0 Å². The Balaban J connectivity index is 1.98. The van der Waals surface area contributed by atoms with Crippen molar-refractivity contribution < 1.29 is 44.7 Å². The van der Waals surface area contributed by atoms with Gasteiger partial charge in [-0.3, -0.25) is 14.4 Å². The second-order valence-electron chi connectivity index (χ2n) is 9.58. The molecule has 0 amide bonds. The van der Waals surface area contributed by atoms with Crippen LogP contribution in [-0.4, -0.2) is 50.2 Å². The molecule has 3 aromatic carbocycles. The first-order chi connectivity index (χ1) is 18.1. The van der Waals surface area contributed by atoms with Crippen molar-refractivity contribution in [2.24, 2.45) is 5.41 Å². The summed E-state index contributed by atoms with van der Waals surface area (Å²) in [6.45, 7) is 0. The zero-order chi connectivity index (χ0) is 27.2. The largest absolute Gasteiger partial charge is 0.508 e. The number of ether oxygens (including phenoxy) is 1. The summed E-state index contributed by atoms with van der Waals surface area (Å²) in [6, 6.07) is 9.88. The average Bonchev–Trinajstić information content (AvgIpc) is 3.03. The van der Waals surface area contributed by atoms with Gasteiger partial charge in [-0.1, -0.05) is 24.3 Å². The van der Waals surface area contributed by atoms with Crippen molar-refractivity contribution in [2.75, 3.05) is 7.11 Å². The molecule has 6 rings (SSSR count). The van der Waals surface area contributed by atoms with Crippen LogP contribution in [0.4, 0.5) is 0 Å². The number of carbonyl (C=O) groups excluding carboxylic acids is 3. The lowest BCUT2D eigenvalue weighted by Gasteiger charge is -2.54. The number of allylic oxidation sites excluding steroid dienone is 4. The molecule has 2 bridgehead atoms. The van der Waals surface area contributed by atoms with Crippen molar-refractivity contribution in [1.82, 2.24) is 0 Å². The standard InChI is InChI=1S/C29H20O9/c1-38-26(37)29-20-11-18(33)13-22(35)24(20)28(14-2-4-15(30)5-3-14,27(29)8-6-16(31)7-9-27)25(36)19-10-17(32)12-21(34)23(19)29/h2-13,30,32-35H,1H3/t28-,29-/m1/s1. The fourth-order valence-corrected chi connectivity index (χ4v) is 6.84. The fourth-order valence-electron chi connectivity index (χ4n) is 6.84. The van der Waals surface area contributed by atoms with E-state index in [1.165, 1.54) is 54.6 Å². The Hall–Kier alpha value is -5.05. The molecule has 1 spiro atoms. The van der Waals surface area contributed by atoms with E-state index in [1.807, 2.05) is 0 Å². The Morgan fingerprint density at radius 2 is 1.34 bits per heavy atom. The van der Waals surface area contributed by atoms with Crippen molar-refractivity contribution in [1.29, 1.82) is 0 Å². The van der Waals surface area contributed by atoms with E-state index in [2.05, 4.69) is 0 Å². The molecule has 3 aromatic rings. The number of carbonyl (C=O) groups is 3. The predicted molar refractivity (Wildman–Crippen MR) is 131 cm³/mol. The van der Waals surface area contributed by atoms with Gasteiger partial charge < -0.3 is 30.3 Å². The molecule has 3 aliphatic carbocycles. The topological polar surface area (TPSA) is 162 Å². The Morgan fingerprint density at radius 3 is 1.95 bits per heavy atom. The predicted octanol–water partition coefficient (Wildman–Crippen LogP) is 2.85. The van der Waals surface area contributed by atoms with E-state index in [0.717, 1.165) is 25.3 Å². The summed E-state index contributed by atoms with van der Waals surface area (Å²) in [5.41, 5.74) is -6.24. The molecule has 0 radical (unpaired) electrons. The number of phenolic OH excluding ortho intramolecular Hbond substituents is 5. The van der Waals surface area contributed by atoms with E-state index in [1.54, 1.807) is 0 Å². The van der Waals surface area contributed by atoms with Crippen LogP contribution in [0.5, 0.6) is 28.7 Å². The first-order valence-corrected chi connectivity index (χ1v) is 11.5. The highest BCUT2D eigenvalue weighted by molar-refractivity contribution is 6.19. The van der Waals surface area contributed by atoms with Crippen LogP contribution in [0.2, 0.25) is 0 Å². The zero-order valence-electron chi connectivity index (χ0n) is 19.8. The van der Waals surface area contributed by atoms with Gasteiger partial charge in [0.2, 0.25) is 0 Å². The van der Waals surface area contributed by atoms with Crippen LogP contribution in [0.3, 0.4) is 0 Å². The summed E-state index contributed by atoms with van der Waals surface area (Å²) in [5.74, 6) is -4.23. The van der Waals surface area contributed by atoms with Crippen LogP contribution in [0.1, 0.15) is 32.6 Å². The third-order valence-electron chi connectivity index (χ3n) is 8.00. The summed E-state index contributed by atoms with van der Waals surface area (Å²) in [7, 11) is 1.11. The monoisotopic (exact) mass is 512 g/mol. The number of fused-ring (bicyclic) bond motifs is 5. The van der Waals surface area contributed by atoms with Gasteiger partial charge in [-0.25, -0.2) is 0 Å². The minimum Gasteiger partial charge on any atom is -0.508 e. The number of aromatic hydroxyl groups is 5. The molecule has 0 fully saturated rings. The van der Waals surface area contributed by atoms with Crippen molar-refractivity contribution in [3.05, 3.63) is 101 Å². The first kappa shape index (κ1) is 23.4. The third-order valence-corrected chi connectivity index (χ3v) is 8.00. The minimum atomic E-state index is -2.13. The normalized spacial score (nSPS) is 23.8. The molecule has 0 aliphatic heterocycles. The molecule has 3 aliphatic rings. The molecule has 9 nitrogen and oxygen atoms in total. The molecule has 0 unspecified atom stereocenters. The van der Waals surface area contributed by atoms with Crippen LogP contribution in [0.25, 0.3) is 0 Å². The molecule has 190 valence electrons. The summed E-state index contributed by atoms with van der Waals surface area (Å²) < 4.78 is 5.30. The Labute approximate surface area is 215 Å². The van der Waals surface area contributed by atoms with Gasteiger partial charge in [0.15, 0.2) is 11.6 Å². The second-order valence-corrected chi connectivity index (χ2v) is 9.58. The lowest BCUT2D eigenvalue weighted by atomic mass is 9.44. The van der Waals surface area contributed by atoms with Crippen LogP contribution < -0.4 is 0 Å². The highest BCUT2D eigenvalue weighted by Crippen LogP contribution is 2.75. The van der Waals surface area contributed by atoms with Gasteiger partial charge in [0.1, 0.15) is 39.6 Å². The van der Waals surface area contributed by atoms with Gasteiger partial charge in [0.25, 0.3) is 0 Å². The Morgan fingerprint density at radius 1 is 0.763 bits per heavy atom. The average molecular weight is 512 g/mol. The summed E-state index contributed by atoms with van der Waals surface area (Å²) in [4.78, 5) is 41.4. The summed E-state index contributed by atoms with van der Waals surface area (Å²) >= 11 is 0. The van der Waals surface area contributed by atoms with Gasteiger partial charge in [0.05, 0.1) is 12.5 Å². The van der Waals surface area contributed by atoms with Crippen LogP contribution in [0.15, 0.2) is 72.8 Å². The number of ketones is 2. The van der Waals surface area contributed by atoms with Crippen LogP contribution in [0, 0.1) is 5.41 Å². The van der Waals surface area contributed by atoms with E-state index in [4.69, 9.17) is 4.74 Å². The van der Waals surface area contributed by atoms with Crippen molar-refractivity contribution >= 4 is 17.5 Å². The number of phenols is 5. The lowest BCUT2D eigenvalue weighted by molar-refractivity contribution is -0.149. The molecule has 0 heterocycles. The lowest BCUT2D eigenvalue weighted by Crippen LogP contribution is -2.62. The van der Waals surface area contributed by atoms with E-state index in [9.17, 15) is 39.9 Å². The summed E-state index contributed by atoms with van der Waals surface area (Å²) in [6.07, 6.45) is 5.13. The number of hydrogen-bond donors (Lipinski definition) is 5. The number of Topliss-reactive ketones (excluding diaryl/α,β-unsaturated/α-hetero) is 1. The molecule has 2 atom stereocenters. The molecular weight excluding hydrogens is 492 g/mol. The first-order valence-electron chi connectivity index (χ1n) is 11.5. The number of rotatable bonds is 2. The maximum absolute atomic E-state index is 14.8.